The molecule has 0 amide bonds. The molecule has 0 saturated carbocycles. The minimum atomic E-state index is -1.75. The average molecular weight is 902 g/mol. The second-order valence-electron chi connectivity index (χ2n) is 7.24. The quantitative estimate of drug-likeness (QED) is 0.125. The van der Waals surface area contributed by atoms with Crippen molar-refractivity contribution >= 4 is 104 Å². The third-order valence-corrected chi connectivity index (χ3v) is 9.31. The van der Waals surface area contributed by atoms with E-state index in [1.807, 2.05) is 97.1 Å². The van der Waals surface area contributed by atoms with Crippen LogP contribution in [0.2, 0.25) is 0 Å². The van der Waals surface area contributed by atoms with Gasteiger partial charge in [-0.05, 0) is 0 Å². The number of hydrogen-bond donors (Lipinski definition) is 0. The molecule has 8 rings (SSSR count). The Morgan fingerprint density at radius 2 is 0.512 bits per heavy atom. The molecule has 0 saturated heterocycles. The molecule has 0 unspecified atom stereocenters. The zero-order chi connectivity index (χ0) is 28.0. The molecule has 4 aromatic heterocycles. The molecule has 0 aliphatic heterocycles. The van der Waals surface area contributed by atoms with E-state index < -0.39 is 5.09 Å². The summed E-state index contributed by atoms with van der Waals surface area (Å²) < 4.78 is 33.6. The Balaban J connectivity index is 0.000000143. The van der Waals surface area contributed by atoms with Gasteiger partial charge in [-0.15, -0.1) is 0 Å². The second kappa shape index (κ2) is 18.0. The van der Waals surface area contributed by atoms with Gasteiger partial charge < -0.3 is 15.3 Å². The molecule has 17 heteroatoms. The van der Waals surface area contributed by atoms with Gasteiger partial charge in [-0.1, -0.05) is 0 Å². The predicted octanol–water partition coefficient (Wildman–Crippen LogP) is 2.51. The van der Waals surface area contributed by atoms with E-state index in [0.29, 0.717) is 0 Å². The number of nitrogens with zero attached hydrogens (tertiary/aromatic N) is 9. The van der Waals surface area contributed by atoms with Crippen LogP contribution in [0.5, 0.6) is 0 Å². The molecule has 12 nitrogen and oxygen atoms in total. The minimum absolute atomic E-state index is 0. The van der Waals surface area contributed by atoms with Gasteiger partial charge in [0, 0.05) is 0 Å². The van der Waals surface area contributed by atoms with E-state index in [9.17, 15) is 0 Å². The van der Waals surface area contributed by atoms with Crippen LogP contribution in [0.3, 0.4) is 0 Å². The molecule has 0 atom stereocenters. The van der Waals surface area contributed by atoms with Crippen LogP contribution < -0.4 is 0 Å². The van der Waals surface area contributed by atoms with Gasteiger partial charge in [0.25, 0.3) is 0 Å². The van der Waals surface area contributed by atoms with Crippen molar-refractivity contribution in [3.8, 4) is 0 Å². The summed E-state index contributed by atoms with van der Waals surface area (Å²) in [5.74, 6) is 0. The number of rotatable bonds is 0. The van der Waals surface area contributed by atoms with Crippen LogP contribution in [0.15, 0.2) is 97.1 Å². The Kier molecular flexibility index (Phi) is 14.4. The summed E-state index contributed by atoms with van der Waals surface area (Å²) in [4.78, 5) is 8.25. The number of benzene rings is 4. The van der Waals surface area contributed by atoms with Crippen LogP contribution in [0.25, 0.3) is 44.1 Å². The summed E-state index contributed by atoms with van der Waals surface area (Å²) in [7, 11) is 0. The maximum absolute atomic E-state index is 8.25. The summed E-state index contributed by atoms with van der Waals surface area (Å²) in [6, 6.07) is 31.8. The van der Waals surface area contributed by atoms with E-state index in [1.54, 1.807) is 0 Å². The number of fused-ring (bicyclic) bond motifs is 4. The Morgan fingerprint density at radius 1 is 0.390 bits per heavy atom. The number of hydrogen-bond acceptors (Lipinski definition) is 11. The Labute approximate surface area is 273 Å². The monoisotopic (exact) mass is 905 g/mol. The van der Waals surface area contributed by atoms with Crippen molar-refractivity contribution in [3.05, 3.63) is 112 Å². The van der Waals surface area contributed by atoms with E-state index >= 15 is 0 Å². The molecule has 0 spiro atoms. The molecular formula is C24H16AgN9O3Se4. The van der Waals surface area contributed by atoms with Gasteiger partial charge in [0.1, 0.15) is 0 Å². The van der Waals surface area contributed by atoms with Crippen molar-refractivity contribution in [2.75, 3.05) is 0 Å². The van der Waals surface area contributed by atoms with Gasteiger partial charge in [0.05, 0.1) is 5.09 Å². The molecule has 4 heterocycles. The first-order chi connectivity index (χ1) is 19.6. The molecular weight excluding hydrogens is 886 g/mol. The summed E-state index contributed by atoms with van der Waals surface area (Å²) in [5.41, 5.74) is 8.43. The van der Waals surface area contributed by atoms with Crippen molar-refractivity contribution in [2.24, 2.45) is 0 Å². The molecule has 0 aliphatic rings. The van der Waals surface area contributed by atoms with E-state index in [1.165, 1.54) is 0 Å². The summed E-state index contributed by atoms with van der Waals surface area (Å²) >= 11 is 0.515. The third-order valence-electron chi connectivity index (χ3n) is 4.64. The fraction of sp³-hybridized carbons (Fsp3) is 0. The zero-order valence-electron chi connectivity index (χ0n) is 20.4. The standard InChI is InChI=1S/4C6H4N2Se.Ag.NO3/c4*1-2-4-6-5(3-1)7-9-8-6;;2-1(3)4/h4*1-4H;;/q;;;;+1;-1. The van der Waals surface area contributed by atoms with E-state index in [-0.39, 0.29) is 82.2 Å². The van der Waals surface area contributed by atoms with Crippen molar-refractivity contribution in [1.29, 1.82) is 0 Å². The van der Waals surface area contributed by atoms with E-state index in [0.717, 1.165) is 44.1 Å². The van der Waals surface area contributed by atoms with Crippen molar-refractivity contribution < 1.29 is 27.5 Å². The van der Waals surface area contributed by atoms with Crippen LogP contribution in [0.1, 0.15) is 0 Å². The van der Waals surface area contributed by atoms with Crippen molar-refractivity contribution in [2.45, 2.75) is 0 Å². The van der Waals surface area contributed by atoms with Gasteiger partial charge >= 0.3 is 255 Å². The molecule has 0 fully saturated rings. The van der Waals surface area contributed by atoms with E-state index in [4.69, 9.17) is 15.3 Å². The van der Waals surface area contributed by atoms with Crippen molar-refractivity contribution in [3.63, 3.8) is 0 Å². The van der Waals surface area contributed by atoms with Crippen LogP contribution in [-0.4, -0.2) is 96.8 Å². The third kappa shape index (κ3) is 10.9. The first-order valence-electron chi connectivity index (χ1n) is 11.1. The van der Waals surface area contributed by atoms with Crippen LogP contribution in [0.4, 0.5) is 0 Å². The Hall–Kier alpha value is -2.70. The van der Waals surface area contributed by atoms with Gasteiger partial charge in [-0.2, -0.15) is 0 Å². The van der Waals surface area contributed by atoms with Crippen LogP contribution in [-0.2, 0) is 22.4 Å². The SMILES string of the molecule is O=[N+]([O-])[O-].[Ag+].c1ccc2n[se]nc2c1.c1ccc2n[se]nc2c1.c1ccc2n[se]nc2c1.c1ccc2n[se]nc2c1. The van der Waals surface area contributed by atoms with Crippen LogP contribution >= 0.6 is 0 Å². The number of aromatic nitrogens is 8. The molecule has 0 radical (unpaired) electrons. The Morgan fingerprint density at radius 3 is 0.634 bits per heavy atom. The van der Waals surface area contributed by atoms with Gasteiger partial charge in [0.15, 0.2) is 0 Å². The molecule has 0 bridgehead atoms. The normalized spacial score (nSPS) is 9.56. The Bertz CT molecular complexity index is 1520. The molecule has 0 aliphatic carbocycles. The van der Waals surface area contributed by atoms with Gasteiger partial charge in [0.2, 0.25) is 0 Å². The molecule has 4 aromatic carbocycles. The maximum atomic E-state index is 8.25. The van der Waals surface area contributed by atoms with Crippen molar-refractivity contribution in [1.82, 2.24) is 31.8 Å². The first kappa shape index (κ1) is 32.8. The summed E-state index contributed by atoms with van der Waals surface area (Å²) in [5, 5.41) is 14.8. The summed E-state index contributed by atoms with van der Waals surface area (Å²) in [6.45, 7) is 0. The predicted molar refractivity (Wildman–Crippen MR) is 156 cm³/mol. The fourth-order valence-electron chi connectivity index (χ4n) is 2.91. The fourth-order valence-corrected chi connectivity index (χ4v) is 7.32. The van der Waals surface area contributed by atoms with E-state index in [2.05, 4.69) is 31.8 Å². The first-order valence-corrected chi connectivity index (χ1v) is 17.2. The molecule has 210 valence electrons. The van der Waals surface area contributed by atoms with Gasteiger partial charge in [-0.3, -0.25) is 0 Å². The molecule has 0 N–H and O–H groups in total. The molecule has 8 aromatic rings. The zero-order valence-corrected chi connectivity index (χ0v) is 28.8. The van der Waals surface area contributed by atoms with Crippen LogP contribution in [0, 0.1) is 15.3 Å². The second-order valence-corrected chi connectivity index (χ2v) is 11.7. The van der Waals surface area contributed by atoms with Gasteiger partial charge in [-0.25, -0.2) is 0 Å². The summed E-state index contributed by atoms with van der Waals surface area (Å²) in [6.07, 6.45) is 0. The topological polar surface area (TPSA) is 169 Å². The molecule has 41 heavy (non-hydrogen) atoms. The average Bonchev–Trinajstić information content (AvgIpc) is 3.80.